The lowest BCUT2D eigenvalue weighted by Crippen LogP contribution is -2.03. The van der Waals surface area contributed by atoms with Crippen LogP contribution < -0.4 is 0 Å². The Morgan fingerprint density at radius 1 is 0.867 bits per heavy atom. The third-order valence-electron chi connectivity index (χ3n) is 5.80. The largest absolute Gasteiger partial charge is 0.338 e. The van der Waals surface area contributed by atoms with Gasteiger partial charge in [0, 0.05) is 29.4 Å². The topological polar surface area (TPSA) is 17.8 Å². The Labute approximate surface area is 181 Å². The van der Waals surface area contributed by atoms with Crippen molar-refractivity contribution in [3.63, 3.8) is 0 Å². The van der Waals surface area contributed by atoms with Crippen LogP contribution in [0.25, 0.3) is 32.9 Å². The molecule has 0 atom stereocenters. The van der Waals surface area contributed by atoms with Crippen molar-refractivity contribution in [1.82, 2.24) is 9.55 Å². The summed E-state index contributed by atoms with van der Waals surface area (Å²) >= 11 is 0. The molecule has 0 bridgehead atoms. The molecule has 2 aromatic heterocycles. The average molecular weight is 417 g/mol. The molecular weight excluding hydrogens is 395 g/mol. The molecule has 0 aliphatic heterocycles. The molecule has 150 valence electrons. The number of hydrogen-bond acceptors (Lipinski definition) is 1. The van der Waals surface area contributed by atoms with Gasteiger partial charge in [0.2, 0.25) is 0 Å². The van der Waals surface area contributed by atoms with Gasteiger partial charge in [-0.25, -0.2) is 4.39 Å². The summed E-state index contributed by atoms with van der Waals surface area (Å²) in [6, 6.07) is 23.7. The second kappa shape index (κ2) is 7.92. The molecule has 5 rings (SSSR count). The number of aromatic nitrogens is 2. The molecule has 0 unspecified atom stereocenters. The van der Waals surface area contributed by atoms with Gasteiger partial charge in [-0.1, -0.05) is 48.5 Å². The molecule has 0 aliphatic carbocycles. The summed E-state index contributed by atoms with van der Waals surface area (Å²) in [5.74, 6) is -0.207. The van der Waals surface area contributed by atoms with Crippen LogP contribution in [-0.4, -0.2) is 9.55 Å². The van der Waals surface area contributed by atoms with Gasteiger partial charge in [0.05, 0.1) is 11.2 Å². The first-order valence-corrected chi connectivity index (χ1v) is 9.80. The molecule has 0 saturated carbocycles. The molecule has 0 saturated heterocycles. The highest BCUT2D eigenvalue weighted by atomic mass is 35.5. The number of halogens is 2. The molecule has 2 heterocycles. The Bertz CT molecular complexity index is 1370. The Balaban J connectivity index is 0.00000218. The third-order valence-corrected chi connectivity index (χ3v) is 5.80. The standard InChI is InChI=1S/C26H21FN2.ClH/c1-17-18(2)29(16-19-6-5-9-23(27)14-19)26-24(17)12-13-28-25(26)22-11-10-20-7-3-4-8-21(20)15-22;/h3-15H,16H2,1-2H3;1H. The van der Waals surface area contributed by atoms with Crippen LogP contribution in [0.1, 0.15) is 16.8 Å². The maximum atomic E-state index is 13.8. The van der Waals surface area contributed by atoms with Gasteiger partial charge in [-0.2, -0.15) is 0 Å². The highest BCUT2D eigenvalue weighted by Crippen LogP contribution is 2.34. The van der Waals surface area contributed by atoms with E-state index < -0.39 is 0 Å². The molecule has 4 heteroatoms. The highest BCUT2D eigenvalue weighted by molar-refractivity contribution is 5.97. The molecule has 2 nitrogen and oxygen atoms in total. The van der Waals surface area contributed by atoms with E-state index in [1.54, 1.807) is 12.1 Å². The molecular formula is C26H22ClFN2. The summed E-state index contributed by atoms with van der Waals surface area (Å²) in [4.78, 5) is 4.76. The normalized spacial score (nSPS) is 11.0. The zero-order chi connectivity index (χ0) is 20.0. The number of aryl methyl sites for hydroxylation is 1. The van der Waals surface area contributed by atoms with Crippen molar-refractivity contribution in [2.75, 3.05) is 0 Å². The van der Waals surface area contributed by atoms with Crippen LogP contribution in [0.15, 0.2) is 79.0 Å². The Morgan fingerprint density at radius 2 is 1.67 bits per heavy atom. The smallest absolute Gasteiger partial charge is 0.123 e. The molecule has 0 radical (unpaired) electrons. The molecule has 30 heavy (non-hydrogen) atoms. The van der Waals surface area contributed by atoms with Crippen molar-refractivity contribution in [2.45, 2.75) is 20.4 Å². The SMILES string of the molecule is Cc1c(C)n(Cc2cccc(F)c2)c2c(-c3ccc4ccccc4c3)nccc12.Cl. The van der Waals surface area contributed by atoms with Gasteiger partial charge in [0.1, 0.15) is 5.82 Å². The highest BCUT2D eigenvalue weighted by Gasteiger charge is 2.17. The van der Waals surface area contributed by atoms with Crippen LogP contribution in [0, 0.1) is 19.7 Å². The van der Waals surface area contributed by atoms with Gasteiger partial charge in [-0.15, -0.1) is 12.4 Å². The van der Waals surface area contributed by atoms with E-state index >= 15 is 0 Å². The van der Waals surface area contributed by atoms with E-state index in [4.69, 9.17) is 4.98 Å². The second-order valence-electron chi connectivity index (χ2n) is 7.54. The Morgan fingerprint density at radius 3 is 2.47 bits per heavy atom. The lowest BCUT2D eigenvalue weighted by atomic mass is 10.0. The van der Waals surface area contributed by atoms with E-state index in [-0.39, 0.29) is 18.2 Å². The first kappa shape index (κ1) is 20.1. The maximum absolute atomic E-state index is 13.8. The van der Waals surface area contributed by atoms with Gasteiger partial charge < -0.3 is 4.57 Å². The molecule has 0 aliphatic rings. The van der Waals surface area contributed by atoms with Gasteiger partial charge in [-0.05, 0) is 60.0 Å². The van der Waals surface area contributed by atoms with Crippen molar-refractivity contribution >= 4 is 34.1 Å². The van der Waals surface area contributed by atoms with Crippen molar-refractivity contribution in [1.29, 1.82) is 0 Å². The molecule has 0 fully saturated rings. The third kappa shape index (κ3) is 3.35. The van der Waals surface area contributed by atoms with E-state index in [1.165, 1.54) is 33.5 Å². The van der Waals surface area contributed by atoms with E-state index in [0.717, 1.165) is 22.3 Å². The van der Waals surface area contributed by atoms with Crippen LogP contribution in [-0.2, 0) is 6.54 Å². The van der Waals surface area contributed by atoms with Gasteiger partial charge in [0.15, 0.2) is 0 Å². The van der Waals surface area contributed by atoms with Gasteiger partial charge >= 0.3 is 0 Å². The van der Waals surface area contributed by atoms with Crippen molar-refractivity contribution in [2.24, 2.45) is 0 Å². The summed E-state index contributed by atoms with van der Waals surface area (Å²) in [5.41, 5.74) is 6.51. The van der Waals surface area contributed by atoms with Crippen molar-refractivity contribution in [3.05, 3.63) is 102 Å². The van der Waals surface area contributed by atoms with Crippen LogP contribution in [0.3, 0.4) is 0 Å². The zero-order valence-electron chi connectivity index (χ0n) is 16.9. The molecule has 0 spiro atoms. The predicted molar refractivity (Wildman–Crippen MR) is 125 cm³/mol. The summed E-state index contributed by atoms with van der Waals surface area (Å²) in [6.45, 7) is 4.88. The first-order chi connectivity index (χ1) is 14.1. The number of benzene rings is 3. The maximum Gasteiger partial charge on any atom is 0.123 e. The molecule has 0 N–H and O–H groups in total. The van der Waals surface area contributed by atoms with Crippen LogP contribution >= 0.6 is 12.4 Å². The molecule has 3 aromatic carbocycles. The Hall–Kier alpha value is -3.17. The summed E-state index contributed by atoms with van der Waals surface area (Å²) in [5, 5.41) is 3.60. The van der Waals surface area contributed by atoms with Crippen LogP contribution in [0.4, 0.5) is 4.39 Å². The van der Waals surface area contributed by atoms with E-state index in [0.29, 0.717) is 6.54 Å². The van der Waals surface area contributed by atoms with Gasteiger partial charge in [0.25, 0.3) is 0 Å². The number of nitrogens with zero attached hydrogens (tertiary/aromatic N) is 2. The minimum atomic E-state index is -0.207. The van der Waals surface area contributed by atoms with Crippen LogP contribution in [0.5, 0.6) is 0 Å². The van der Waals surface area contributed by atoms with E-state index in [1.807, 2.05) is 12.3 Å². The average Bonchev–Trinajstić information content (AvgIpc) is 2.98. The molecule has 0 amide bonds. The minimum Gasteiger partial charge on any atom is -0.338 e. The van der Waals surface area contributed by atoms with Crippen molar-refractivity contribution < 1.29 is 4.39 Å². The number of hydrogen-bond donors (Lipinski definition) is 0. The fourth-order valence-electron chi connectivity index (χ4n) is 4.16. The fourth-order valence-corrected chi connectivity index (χ4v) is 4.16. The van der Waals surface area contributed by atoms with E-state index in [2.05, 4.69) is 66.9 Å². The van der Waals surface area contributed by atoms with Crippen molar-refractivity contribution in [3.8, 4) is 11.3 Å². The number of pyridine rings is 1. The minimum absolute atomic E-state index is 0. The van der Waals surface area contributed by atoms with E-state index in [9.17, 15) is 4.39 Å². The molecule has 5 aromatic rings. The fraction of sp³-hybridized carbons (Fsp3) is 0.115. The lowest BCUT2D eigenvalue weighted by Gasteiger charge is -2.12. The zero-order valence-corrected chi connectivity index (χ0v) is 17.7. The monoisotopic (exact) mass is 416 g/mol. The number of fused-ring (bicyclic) bond motifs is 2. The predicted octanol–water partition coefficient (Wildman–Crippen LogP) is 7.08. The second-order valence-corrected chi connectivity index (χ2v) is 7.54. The number of rotatable bonds is 3. The van der Waals surface area contributed by atoms with Gasteiger partial charge in [-0.3, -0.25) is 4.98 Å². The summed E-state index contributed by atoms with van der Waals surface area (Å²) in [6.07, 6.45) is 1.88. The lowest BCUT2D eigenvalue weighted by molar-refractivity contribution is 0.623. The Kier molecular flexibility index (Phi) is 5.31. The van der Waals surface area contributed by atoms with Crippen LogP contribution in [0.2, 0.25) is 0 Å². The summed E-state index contributed by atoms with van der Waals surface area (Å²) in [7, 11) is 0. The quantitative estimate of drug-likeness (QED) is 0.307. The summed E-state index contributed by atoms with van der Waals surface area (Å²) < 4.78 is 16.0. The first-order valence-electron chi connectivity index (χ1n) is 9.80.